The number of alkyl halides is 1. The van der Waals surface area contributed by atoms with Crippen molar-refractivity contribution in [2.24, 2.45) is 5.41 Å². The molecule has 0 saturated heterocycles. The quantitative estimate of drug-likeness (QED) is 0.562. The van der Waals surface area contributed by atoms with E-state index in [9.17, 15) is 14.0 Å². The molecule has 98 valence electrons. The number of halogens is 1. The monoisotopic (exact) mass is 246 g/mol. The molecular formula is C12H19FO4. The summed E-state index contributed by atoms with van der Waals surface area (Å²) in [6, 6.07) is 0. The highest BCUT2D eigenvalue weighted by Crippen LogP contribution is 2.47. The van der Waals surface area contributed by atoms with E-state index in [1.165, 1.54) is 6.92 Å². The fraction of sp³-hybridized carbons (Fsp3) is 0.833. The molecule has 0 aromatic heterocycles. The molecular weight excluding hydrogens is 227 g/mol. The van der Waals surface area contributed by atoms with Crippen LogP contribution < -0.4 is 0 Å². The number of carbonyl (C=O) groups is 2. The number of hydrogen-bond acceptors (Lipinski definition) is 4. The first kappa shape index (κ1) is 13.9. The van der Waals surface area contributed by atoms with Gasteiger partial charge in [0.15, 0.2) is 5.41 Å². The van der Waals surface area contributed by atoms with Crippen molar-refractivity contribution in [1.82, 2.24) is 0 Å². The first-order chi connectivity index (χ1) is 7.88. The molecule has 0 spiro atoms. The number of esters is 2. The first-order valence-corrected chi connectivity index (χ1v) is 5.91. The van der Waals surface area contributed by atoms with E-state index >= 15 is 0 Å². The summed E-state index contributed by atoms with van der Waals surface area (Å²) in [6.45, 7) is 5.04. The van der Waals surface area contributed by atoms with Gasteiger partial charge in [0.2, 0.25) is 0 Å². The Balaban J connectivity index is 2.94. The minimum atomic E-state index is -1.51. The largest absolute Gasteiger partial charge is 0.465 e. The summed E-state index contributed by atoms with van der Waals surface area (Å²) >= 11 is 0. The maximum Gasteiger partial charge on any atom is 0.323 e. The summed E-state index contributed by atoms with van der Waals surface area (Å²) in [6.07, 6.45) is 0.167. The van der Waals surface area contributed by atoms with Gasteiger partial charge in [0.25, 0.3) is 0 Å². The van der Waals surface area contributed by atoms with Gasteiger partial charge in [-0.05, 0) is 33.6 Å². The van der Waals surface area contributed by atoms with E-state index in [2.05, 4.69) is 0 Å². The molecule has 1 atom stereocenters. The van der Waals surface area contributed by atoms with E-state index in [4.69, 9.17) is 9.47 Å². The van der Waals surface area contributed by atoms with Gasteiger partial charge in [0.05, 0.1) is 13.2 Å². The van der Waals surface area contributed by atoms with Gasteiger partial charge in [-0.3, -0.25) is 9.59 Å². The Morgan fingerprint density at radius 2 is 1.59 bits per heavy atom. The standard InChI is InChI=1S/C12H19FO4/c1-4-16-9(14)12(10(15)17-5-2)7-6-11(3,13)8-12/h4-8H2,1-3H3. The van der Waals surface area contributed by atoms with Gasteiger partial charge in [-0.25, -0.2) is 4.39 Å². The topological polar surface area (TPSA) is 52.6 Å². The SMILES string of the molecule is CCOC(=O)C1(C(=O)OCC)CCC(C)(F)C1. The third-order valence-electron chi connectivity index (χ3n) is 3.08. The summed E-state index contributed by atoms with van der Waals surface area (Å²) in [5.41, 5.74) is -2.96. The van der Waals surface area contributed by atoms with Gasteiger partial charge < -0.3 is 9.47 Å². The normalized spacial score (nSPS) is 26.6. The third-order valence-corrected chi connectivity index (χ3v) is 3.08. The van der Waals surface area contributed by atoms with Gasteiger partial charge in [-0.1, -0.05) is 0 Å². The number of rotatable bonds is 4. The Hall–Kier alpha value is -1.13. The molecule has 1 fully saturated rings. The highest BCUT2D eigenvalue weighted by Gasteiger charge is 2.58. The van der Waals surface area contributed by atoms with Crippen molar-refractivity contribution in [1.29, 1.82) is 0 Å². The van der Waals surface area contributed by atoms with Crippen LogP contribution in [-0.2, 0) is 19.1 Å². The molecule has 17 heavy (non-hydrogen) atoms. The molecule has 5 heteroatoms. The molecule has 0 heterocycles. The Bertz CT molecular complexity index is 294. The minimum absolute atomic E-state index is 0.150. The summed E-state index contributed by atoms with van der Waals surface area (Å²) in [4.78, 5) is 23.8. The van der Waals surface area contributed by atoms with Crippen LogP contribution in [0.3, 0.4) is 0 Å². The van der Waals surface area contributed by atoms with E-state index in [1.807, 2.05) is 0 Å². The van der Waals surface area contributed by atoms with Crippen molar-refractivity contribution in [3.05, 3.63) is 0 Å². The molecule has 1 saturated carbocycles. The second kappa shape index (κ2) is 5.02. The van der Waals surface area contributed by atoms with Crippen LogP contribution in [0.25, 0.3) is 0 Å². The lowest BCUT2D eigenvalue weighted by molar-refractivity contribution is -0.172. The number of carbonyl (C=O) groups excluding carboxylic acids is 2. The summed E-state index contributed by atoms with van der Waals surface area (Å²) < 4.78 is 23.7. The Labute approximate surface area is 100 Å². The summed E-state index contributed by atoms with van der Waals surface area (Å²) in [5, 5.41) is 0. The average Bonchev–Trinajstić information content (AvgIpc) is 2.57. The number of ether oxygens (including phenoxy) is 2. The predicted molar refractivity (Wildman–Crippen MR) is 59.1 cm³/mol. The van der Waals surface area contributed by atoms with Crippen LogP contribution in [0.15, 0.2) is 0 Å². The van der Waals surface area contributed by atoms with Gasteiger partial charge in [-0.2, -0.15) is 0 Å². The van der Waals surface area contributed by atoms with Crippen molar-refractivity contribution >= 4 is 11.9 Å². The zero-order valence-electron chi connectivity index (χ0n) is 10.5. The van der Waals surface area contributed by atoms with Gasteiger partial charge in [0, 0.05) is 6.42 Å². The molecule has 1 unspecified atom stereocenters. The molecule has 0 aromatic carbocycles. The maximum atomic E-state index is 13.9. The van der Waals surface area contributed by atoms with Crippen molar-refractivity contribution < 1.29 is 23.5 Å². The van der Waals surface area contributed by atoms with Crippen LogP contribution in [-0.4, -0.2) is 30.8 Å². The molecule has 0 radical (unpaired) electrons. The fourth-order valence-corrected chi connectivity index (χ4v) is 2.25. The maximum absolute atomic E-state index is 13.9. The van der Waals surface area contributed by atoms with Gasteiger partial charge >= 0.3 is 11.9 Å². The molecule has 1 rings (SSSR count). The highest BCUT2D eigenvalue weighted by molar-refractivity contribution is 6.00. The van der Waals surface area contributed by atoms with E-state index in [0.717, 1.165) is 0 Å². The number of hydrogen-bond donors (Lipinski definition) is 0. The molecule has 0 N–H and O–H groups in total. The second-order valence-corrected chi connectivity index (χ2v) is 4.61. The molecule has 1 aliphatic carbocycles. The van der Waals surface area contributed by atoms with Crippen LogP contribution in [0.5, 0.6) is 0 Å². The van der Waals surface area contributed by atoms with E-state index in [1.54, 1.807) is 13.8 Å². The molecule has 0 aliphatic heterocycles. The lowest BCUT2D eigenvalue weighted by atomic mass is 9.85. The molecule has 0 amide bonds. The predicted octanol–water partition coefficient (Wildman–Crippen LogP) is 2.01. The van der Waals surface area contributed by atoms with Gasteiger partial charge in [0.1, 0.15) is 5.67 Å². The van der Waals surface area contributed by atoms with Crippen LogP contribution >= 0.6 is 0 Å². The van der Waals surface area contributed by atoms with E-state index in [-0.39, 0.29) is 32.5 Å². The van der Waals surface area contributed by atoms with Crippen molar-refractivity contribution in [3.8, 4) is 0 Å². The van der Waals surface area contributed by atoms with E-state index < -0.39 is 23.0 Å². The smallest absolute Gasteiger partial charge is 0.323 e. The third kappa shape index (κ3) is 2.76. The second-order valence-electron chi connectivity index (χ2n) is 4.61. The lowest BCUT2D eigenvalue weighted by Gasteiger charge is -2.25. The molecule has 1 aliphatic rings. The fourth-order valence-electron chi connectivity index (χ4n) is 2.25. The van der Waals surface area contributed by atoms with Crippen LogP contribution in [0, 0.1) is 5.41 Å². The molecule has 0 bridgehead atoms. The lowest BCUT2D eigenvalue weighted by Crippen LogP contribution is -2.41. The average molecular weight is 246 g/mol. The van der Waals surface area contributed by atoms with Crippen LogP contribution in [0.1, 0.15) is 40.0 Å². The summed E-state index contributed by atoms with van der Waals surface area (Å²) in [7, 11) is 0. The Morgan fingerprint density at radius 3 is 1.88 bits per heavy atom. The Kier molecular flexibility index (Phi) is 4.11. The van der Waals surface area contributed by atoms with Gasteiger partial charge in [-0.15, -0.1) is 0 Å². The van der Waals surface area contributed by atoms with E-state index in [0.29, 0.717) is 0 Å². The van der Waals surface area contributed by atoms with Crippen molar-refractivity contribution in [3.63, 3.8) is 0 Å². The van der Waals surface area contributed by atoms with Crippen LogP contribution in [0.2, 0.25) is 0 Å². The first-order valence-electron chi connectivity index (χ1n) is 5.91. The summed E-state index contributed by atoms with van der Waals surface area (Å²) in [5.74, 6) is -1.33. The molecule has 4 nitrogen and oxygen atoms in total. The Morgan fingerprint density at radius 1 is 1.12 bits per heavy atom. The van der Waals surface area contributed by atoms with Crippen LogP contribution in [0.4, 0.5) is 4.39 Å². The zero-order valence-corrected chi connectivity index (χ0v) is 10.5. The van der Waals surface area contributed by atoms with Crippen molar-refractivity contribution in [2.45, 2.75) is 45.7 Å². The minimum Gasteiger partial charge on any atom is -0.465 e. The highest BCUT2D eigenvalue weighted by atomic mass is 19.1. The molecule has 0 aromatic rings. The zero-order chi connectivity index (χ0) is 13.1. The van der Waals surface area contributed by atoms with Crippen molar-refractivity contribution in [2.75, 3.05) is 13.2 Å².